The third kappa shape index (κ3) is 9.11. The van der Waals surface area contributed by atoms with E-state index in [2.05, 4.69) is 70.5 Å². The largest absolute Gasteiger partial charge is 0.516 e. The van der Waals surface area contributed by atoms with Crippen molar-refractivity contribution >= 4 is 23.4 Å². The van der Waals surface area contributed by atoms with Gasteiger partial charge in [-0.05, 0) is 111 Å². The number of nitrogens with zero attached hydrogens (tertiary/aromatic N) is 1. The van der Waals surface area contributed by atoms with Crippen molar-refractivity contribution in [2.45, 2.75) is 91.5 Å². The Morgan fingerprint density at radius 3 is 2.29 bits per heavy atom. The van der Waals surface area contributed by atoms with Gasteiger partial charge in [0.2, 0.25) is 0 Å². The molecule has 0 amide bonds. The Balaban J connectivity index is 2.11. The van der Waals surface area contributed by atoms with E-state index in [1.165, 1.54) is 48.8 Å². The van der Waals surface area contributed by atoms with Crippen LogP contribution in [0.1, 0.15) is 91.0 Å². The third-order valence-corrected chi connectivity index (χ3v) is 9.71. The molecule has 0 bridgehead atoms. The first-order chi connectivity index (χ1) is 20.2. The van der Waals surface area contributed by atoms with Crippen molar-refractivity contribution in [3.8, 4) is 0 Å². The highest BCUT2D eigenvalue weighted by Crippen LogP contribution is 2.42. The third-order valence-electron chi connectivity index (χ3n) is 9.45. The molecule has 3 rings (SSSR count). The second kappa shape index (κ2) is 16.8. The van der Waals surface area contributed by atoms with Crippen LogP contribution in [0.3, 0.4) is 0 Å². The number of rotatable bonds is 12. The second-order valence-corrected chi connectivity index (χ2v) is 12.9. The van der Waals surface area contributed by atoms with E-state index < -0.39 is 0 Å². The van der Waals surface area contributed by atoms with Crippen molar-refractivity contribution in [2.75, 3.05) is 7.05 Å². The van der Waals surface area contributed by atoms with Crippen molar-refractivity contribution in [1.29, 1.82) is 0 Å². The summed E-state index contributed by atoms with van der Waals surface area (Å²) in [7, 11) is 1.92. The zero-order valence-electron chi connectivity index (χ0n) is 26.6. The monoisotopic (exact) mass is 588 g/mol. The van der Waals surface area contributed by atoms with Gasteiger partial charge in [-0.1, -0.05) is 93.8 Å². The quantitative estimate of drug-likeness (QED) is 0.110. The fourth-order valence-electron chi connectivity index (χ4n) is 6.95. The molecular formula is C38H53ClN2O. The van der Waals surface area contributed by atoms with Gasteiger partial charge < -0.3 is 10.4 Å². The standard InChI is InChI=1S/C38H53ClN2O/c1-26(2)35(18-13-14-24-42)27(3)28(4)37-33(25-31-20-22-34(39)23-21-31)17-11-12-19-36(37)38(40-7)30(6)41-29(5)32-15-9-8-10-16-32/h13-14,18,20-25,27-29,32,35,41-42H,1,6,8-12,15-17,19H2,2-5,7H3/b18-13?,24-14+,33-25+,40-38?/t27?,28?,29-,35?/m1/s1. The maximum Gasteiger partial charge on any atom is 0.0831 e. The minimum atomic E-state index is 0.166. The number of hydrogen-bond donors (Lipinski definition) is 2. The van der Waals surface area contributed by atoms with Crippen LogP contribution in [0.4, 0.5) is 0 Å². The Kier molecular flexibility index (Phi) is 13.4. The van der Waals surface area contributed by atoms with Gasteiger partial charge in [-0.3, -0.25) is 4.99 Å². The molecule has 3 unspecified atom stereocenters. The summed E-state index contributed by atoms with van der Waals surface area (Å²) >= 11 is 6.24. The van der Waals surface area contributed by atoms with Crippen molar-refractivity contribution in [3.63, 3.8) is 0 Å². The van der Waals surface area contributed by atoms with E-state index in [4.69, 9.17) is 16.6 Å². The van der Waals surface area contributed by atoms with E-state index in [1.807, 2.05) is 25.3 Å². The Hall–Kier alpha value is -2.78. The SMILES string of the molecule is C=C(N[C@H](C)C1CCCCC1)C(=NC)C1=C(C(C)C(C)C(C=C/C=C/O)C(=C)C)/C(=C/c2ccc(Cl)cc2)CCCC1. The van der Waals surface area contributed by atoms with Gasteiger partial charge in [0.25, 0.3) is 0 Å². The summed E-state index contributed by atoms with van der Waals surface area (Å²) < 4.78 is 0. The average molecular weight is 589 g/mol. The molecular weight excluding hydrogens is 536 g/mol. The Morgan fingerprint density at radius 1 is 1.00 bits per heavy atom. The molecule has 1 aromatic rings. The first-order valence-corrected chi connectivity index (χ1v) is 16.3. The summed E-state index contributed by atoms with van der Waals surface area (Å²) in [6.07, 6.45) is 20.0. The van der Waals surface area contributed by atoms with Gasteiger partial charge in [0.05, 0.1) is 17.7 Å². The highest BCUT2D eigenvalue weighted by Gasteiger charge is 2.31. The lowest BCUT2D eigenvalue weighted by Crippen LogP contribution is -2.36. The summed E-state index contributed by atoms with van der Waals surface area (Å²) in [4.78, 5) is 4.92. The second-order valence-electron chi connectivity index (χ2n) is 12.4. The molecule has 3 nitrogen and oxygen atoms in total. The molecule has 0 spiro atoms. The molecule has 1 fully saturated rings. The highest BCUT2D eigenvalue weighted by molar-refractivity contribution is 6.30. The van der Waals surface area contributed by atoms with E-state index in [0.29, 0.717) is 12.0 Å². The fourth-order valence-corrected chi connectivity index (χ4v) is 7.07. The highest BCUT2D eigenvalue weighted by atomic mass is 35.5. The van der Waals surface area contributed by atoms with Crippen LogP contribution in [0.2, 0.25) is 5.02 Å². The molecule has 2 aliphatic rings. The van der Waals surface area contributed by atoms with Gasteiger partial charge in [0, 0.05) is 24.0 Å². The predicted molar refractivity (Wildman–Crippen MR) is 184 cm³/mol. The Bertz CT molecular complexity index is 1210. The maximum absolute atomic E-state index is 9.21. The number of aliphatic hydroxyl groups is 1. The zero-order chi connectivity index (χ0) is 30.6. The molecule has 1 aromatic carbocycles. The van der Waals surface area contributed by atoms with Crippen molar-refractivity contribution in [2.24, 2.45) is 28.7 Å². The van der Waals surface area contributed by atoms with Gasteiger partial charge in [0.1, 0.15) is 0 Å². The minimum absolute atomic E-state index is 0.166. The van der Waals surface area contributed by atoms with E-state index in [-0.39, 0.29) is 17.8 Å². The molecule has 0 aliphatic heterocycles. The van der Waals surface area contributed by atoms with Crippen LogP contribution in [-0.4, -0.2) is 23.9 Å². The molecule has 0 saturated heterocycles. The first kappa shape index (κ1) is 33.7. The van der Waals surface area contributed by atoms with Gasteiger partial charge in [-0.15, -0.1) is 0 Å². The van der Waals surface area contributed by atoms with Crippen molar-refractivity contribution in [3.05, 3.63) is 100 Å². The number of nitrogens with one attached hydrogen (secondary N) is 1. The number of aliphatic hydroxyl groups excluding tert-OH is 1. The van der Waals surface area contributed by atoms with Crippen LogP contribution >= 0.6 is 11.6 Å². The van der Waals surface area contributed by atoms with Crippen molar-refractivity contribution < 1.29 is 5.11 Å². The number of allylic oxidation sites excluding steroid dienone is 7. The normalized spacial score (nSPS) is 21.4. The van der Waals surface area contributed by atoms with E-state index in [1.54, 1.807) is 6.08 Å². The fraction of sp³-hybridized carbons (Fsp3) is 0.500. The van der Waals surface area contributed by atoms with Gasteiger partial charge >= 0.3 is 0 Å². The summed E-state index contributed by atoms with van der Waals surface area (Å²) in [5, 5.41) is 13.8. The van der Waals surface area contributed by atoms with Crippen LogP contribution in [0, 0.1) is 23.7 Å². The van der Waals surface area contributed by atoms with Gasteiger partial charge in [-0.25, -0.2) is 0 Å². The molecule has 0 aromatic heterocycles. The van der Waals surface area contributed by atoms with E-state index in [0.717, 1.165) is 59.5 Å². The number of benzene rings is 1. The lowest BCUT2D eigenvalue weighted by molar-refractivity contribution is 0.295. The van der Waals surface area contributed by atoms with E-state index >= 15 is 0 Å². The smallest absolute Gasteiger partial charge is 0.0831 e. The molecule has 4 atom stereocenters. The first-order valence-electron chi connectivity index (χ1n) is 15.9. The molecule has 0 radical (unpaired) electrons. The number of hydrogen-bond acceptors (Lipinski definition) is 3. The van der Waals surface area contributed by atoms with Crippen LogP contribution in [0.25, 0.3) is 6.08 Å². The molecule has 1 saturated carbocycles. The molecule has 2 N–H and O–H groups in total. The van der Waals surface area contributed by atoms with Crippen LogP contribution in [0.15, 0.2) is 94.9 Å². The van der Waals surface area contributed by atoms with E-state index in [9.17, 15) is 5.11 Å². The zero-order valence-corrected chi connectivity index (χ0v) is 27.4. The summed E-state index contributed by atoms with van der Waals surface area (Å²) in [6, 6.07) is 8.52. The van der Waals surface area contributed by atoms with Gasteiger partial charge in [0.15, 0.2) is 0 Å². The molecule has 0 heterocycles. The maximum atomic E-state index is 9.21. The predicted octanol–water partition coefficient (Wildman–Crippen LogP) is 10.8. The number of aliphatic imine (C=N–C) groups is 1. The number of halogens is 1. The average Bonchev–Trinajstić information content (AvgIpc) is 3.18. The van der Waals surface area contributed by atoms with Crippen molar-refractivity contribution in [1.82, 2.24) is 5.32 Å². The topological polar surface area (TPSA) is 44.6 Å². The lowest BCUT2D eigenvalue weighted by Gasteiger charge is -2.33. The summed E-state index contributed by atoms with van der Waals surface area (Å²) in [5.41, 5.74) is 8.33. The Labute approximate surface area is 261 Å². The van der Waals surface area contributed by atoms with Crippen LogP contribution in [-0.2, 0) is 0 Å². The van der Waals surface area contributed by atoms with Crippen LogP contribution < -0.4 is 5.32 Å². The minimum Gasteiger partial charge on any atom is -0.516 e. The molecule has 228 valence electrons. The van der Waals surface area contributed by atoms with Crippen LogP contribution in [0.5, 0.6) is 0 Å². The Morgan fingerprint density at radius 2 is 1.67 bits per heavy atom. The molecule has 42 heavy (non-hydrogen) atoms. The summed E-state index contributed by atoms with van der Waals surface area (Å²) in [5.74, 6) is 1.37. The summed E-state index contributed by atoms with van der Waals surface area (Å²) in [6.45, 7) is 18.0. The van der Waals surface area contributed by atoms with Gasteiger partial charge in [-0.2, -0.15) is 0 Å². The lowest BCUT2D eigenvalue weighted by atomic mass is 9.73. The molecule has 2 aliphatic carbocycles. The molecule has 4 heteroatoms.